The van der Waals surface area contributed by atoms with Crippen molar-refractivity contribution in [1.29, 1.82) is 0 Å². The summed E-state index contributed by atoms with van der Waals surface area (Å²) in [5.74, 6) is 0.618. The molecular formula is C18H28N4O3. The largest absolute Gasteiger partial charge is 0.390 e. The summed E-state index contributed by atoms with van der Waals surface area (Å²) in [6, 6.07) is 0. The molecule has 1 N–H and O–H groups in total. The third-order valence-electron chi connectivity index (χ3n) is 5.29. The van der Waals surface area contributed by atoms with Gasteiger partial charge < -0.3 is 9.67 Å². The predicted molar refractivity (Wildman–Crippen MR) is 96.7 cm³/mol. The fourth-order valence-electron chi connectivity index (χ4n) is 3.76. The number of aliphatic hydroxyl groups is 1. The average Bonchev–Trinajstić information content (AvgIpc) is 2.94. The fourth-order valence-corrected chi connectivity index (χ4v) is 3.76. The Kier molecular flexibility index (Phi) is 4.62. The third kappa shape index (κ3) is 3.42. The second-order valence-corrected chi connectivity index (χ2v) is 8.16. The molecule has 0 saturated heterocycles. The molecule has 0 amide bonds. The number of aryl methyl sites for hydroxylation is 1. The van der Waals surface area contributed by atoms with E-state index in [4.69, 9.17) is 0 Å². The first-order valence-corrected chi connectivity index (χ1v) is 9.06. The summed E-state index contributed by atoms with van der Waals surface area (Å²) in [4.78, 5) is 29.9. The Morgan fingerprint density at radius 3 is 2.56 bits per heavy atom. The minimum absolute atomic E-state index is 0.240. The minimum Gasteiger partial charge on any atom is -0.390 e. The summed E-state index contributed by atoms with van der Waals surface area (Å²) in [7, 11) is 1.67. The van der Waals surface area contributed by atoms with E-state index in [1.54, 1.807) is 13.4 Å². The van der Waals surface area contributed by atoms with Crippen LogP contribution in [0.4, 0.5) is 0 Å². The Morgan fingerprint density at radius 1 is 1.32 bits per heavy atom. The zero-order valence-electron chi connectivity index (χ0n) is 15.5. The van der Waals surface area contributed by atoms with Gasteiger partial charge in [0.25, 0.3) is 5.56 Å². The van der Waals surface area contributed by atoms with E-state index in [2.05, 4.69) is 18.8 Å². The highest BCUT2D eigenvalue weighted by Gasteiger charge is 2.29. The molecule has 1 aliphatic carbocycles. The summed E-state index contributed by atoms with van der Waals surface area (Å²) >= 11 is 0. The van der Waals surface area contributed by atoms with Crippen LogP contribution in [0.15, 0.2) is 15.9 Å². The van der Waals surface area contributed by atoms with Crippen molar-refractivity contribution in [2.45, 2.75) is 65.1 Å². The van der Waals surface area contributed by atoms with Gasteiger partial charge in [0.05, 0.1) is 11.9 Å². The molecule has 0 unspecified atom stereocenters. The van der Waals surface area contributed by atoms with Crippen molar-refractivity contribution in [2.24, 2.45) is 18.9 Å². The van der Waals surface area contributed by atoms with Crippen LogP contribution >= 0.6 is 0 Å². The molecule has 0 aromatic carbocycles. The van der Waals surface area contributed by atoms with E-state index in [-0.39, 0.29) is 17.2 Å². The van der Waals surface area contributed by atoms with Crippen molar-refractivity contribution in [3.63, 3.8) is 0 Å². The Balaban J connectivity index is 2.00. The van der Waals surface area contributed by atoms with E-state index in [0.29, 0.717) is 43.0 Å². The molecule has 25 heavy (non-hydrogen) atoms. The van der Waals surface area contributed by atoms with Gasteiger partial charge in [0.2, 0.25) is 0 Å². The van der Waals surface area contributed by atoms with Crippen molar-refractivity contribution in [1.82, 2.24) is 18.7 Å². The van der Waals surface area contributed by atoms with Gasteiger partial charge in [-0.3, -0.25) is 13.9 Å². The van der Waals surface area contributed by atoms with Gasteiger partial charge in [-0.25, -0.2) is 9.78 Å². The maximum Gasteiger partial charge on any atom is 0.332 e. The first kappa shape index (κ1) is 17.9. The van der Waals surface area contributed by atoms with E-state index in [1.807, 2.05) is 11.5 Å². The van der Waals surface area contributed by atoms with Crippen molar-refractivity contribution in [2.75, 3.05) is 0 Å². The third-order valence-corrected chi connectivity index (χ3v) is 5.29. The van der Waals surface area contributed by atoms with E-state index in [1.165, 1.54) is 9.13 Å². The highest BCUT2D eigenvalue weighted by atomic mass is 16.3. The lowest BCUT2D eigenvalue weighted by molar-refractivity contribution is 0.00550. The molecule has 0 radical (unpaired) electrons. The van der Waals surface area contributed by atoms with Gasteiger partial charge in [0.15, 0.2) is 11.2 Å². The standard InChI is InChI=1S/C18H28N4O3/c1-12(2)9-21-11-19-15-14(21)16(23)22(17(24)20(15)4)10-13-5-7-18(3,25)8-6-13/h11-13,25H,5-10H2,1-4H3/t13-,18-. The monoisotopic (exact) mass is 348 g/mol. The molecule has 2 aromatic rings. The summed E-state index contributed by atoms with van der Waals surface area (Å²) in [6.45, 7) is 7.12. The molecule has 7 heteroatoms. The number of hydrogen-bond donors (Lipinski definition) is 1. The summed E-state index contributed by atoms with van der Waals surface area (Å²) < 4.78 is 4.67. The normalized spacial score (nSPS) is 24.3. The van der Waals surface area contributed by atoms with Crippen molar-refractivity contribution in [3.05, 3.63) is 27.2 Å². The van der Waals surface area contributed by atoms with Crippen molar-refractivity contribution in [3.8, 4) is 0 Å². The molecule has 1 saturated carbocycles. The Labute approximate surface area is 146 Å². The number of hydrogen-bond acceptors (Lipinski definition) is 4. The maximum atomic E-state index is 13.0. The van der Waals surface area contributed by atoms with Gasteiger partial charge in [0.1, 0.15) is 0 Å². The summed E-state index contributed by atoms with van der Waals surface area (Å²) in [5, 5.41) is 10.1. The molecule has 0 spiro atoms. The topological polar surface area (TPSA) is 82.1 Å². The van der Waals surface area contributed by atoms with Crippen LogP contribution in [0.25, 0.3) is 11.2 Å². The van der Waals surface area contributed by atoms with Crippen LogP contribution in [-0.4, -0.2) is 29.4 Å². The summed E-state index contributed by atoms with van der Waals surface area (Å²) in [6.07, 6.45) is 4.71. The van der Waals surface area contributed by atoms with E-state index < -0.39 is 5.60 Å². The molecule has 1 aliphatic rings. The molecule has 138 valence electrons. The Hall–Kier alpha value is -1.89. The lowest BCUT2D eigenvalue weighted by Gasteiger charge is -2.33. The molecule has 7 nitrogen and oxygen atoms in total. The predicted octanol–water partition coefficient (Wildman–Crippen LogP) is 1.49. The molecule has 3 rings (SSSR count). The van der Waals surface area contributed by atoms with Gasteiger partial charge in [-0.1, -0.05) is 13.8 Å². The lowest BCUT2D eigenvalue weighted by Crippen LogP contribution is -2.42. The lowest BCUT2D eigenvalue weighted by atomic mass is 9.80. The van der Waals surface area contributed by atoms with Crippen LogP contribution in [0, 0.1) is 11.8 Å². The molecule has 0 atom stereocenters. The molecule has 0 aliphatic heterocycles. The van der Waals surface area contributed by atoms with Crippen LogP contribution in [-0.2, 0) is 20.1 Å². The van der Waals surface area contributed by atoms with E-state index in [0.717, 1.165) is 12.8 Å². The number of rotatable bonds is 4. The van der Waals surface area contributed by atoms with Crippen molar-refractivity contribution < 1.29 is 5.11 Å². The smallest absolute Gasteiger partial charge is 0.332 e. The number of imidazole rings is 1. The molecular weight excluding hydrogens is 320 g/mol. The Bertz CT molecular complexity index is 878. The van der Waals surface area contributed by atoms with E-state index in [9.17, 15) is 14.7 Å². The van der Waals surface area contributed by atoms with Crippen LogP contribution < -0.4 is 11.2 Å². The van der Waals surface area contributed by atoms with Gasteiger partial charge in [-0.2, -0.15) is 0 Å². The highest BCUT2D eigenvalue weighted by molar-refractivity contribution is 5.69. The van der Waals surface area contributed by atoms with Crippen LogP contribution in [0.1, 0.15) is 46.5 Å². The highest BCUT2D eigenvalue weighted by Crippen LogP contribution is 2.32. The van der Waals surface area contributed by atoms with Crippen LogP contribution in [0.3, 0.4) is 0 Å². The van der Waals surface area contributed by atoms with Gasteiger partial charge in [-0.05, 0) is 44.4 Å². The number of nitrogens with zero attached hydrogens (tertiary/aromatic N) is 4. The van der Waals surface area contributed by atoms with Gasteiger partial charge in [-0.15, -0.1) is 0 Å². The first-order valence-electron chi connectivity index (χ1n) is 9.06. The average molecular weight is 348 g/mol. The molecule has 2 aromatic heterocycles. The summed E-state index contributed by atoms with van der Waals surface area (Å²) in [5.41, 5.74) is -0.248. The second kappa shape index (κ2) is 6.44. The van der Waals surface area contributed by atoms with Crippen LogP contribution in [0.5, 0.6) is 0 Å². The molecule has 1 fully saturated rings. The van der Waals surface area contributed by atoms with Crippen molar-refractivity contribution >= 4 is 11.2 Å². The number of aromatic nitrogens is 4. The fraction of sp³-hybridized carbons (Fsp3) is 0.722. The number of fused-ring (bicyclic) bond motifs is 1. The van der Waals surface area contributed by atoms with Gasteiger partial charge in [0, 0.05) is 20.1 Å². The zero-order chi connectivity index (χ0) is 18.4. The minimum atomic E-state index is -0.619. The Morgan fingerprint density at radius 2 is 1.96 bits per heavy atom. The zero-order valence-corrected chi connectivity index (χ0v) is 15.5. The first-order chi connectivity index (χ1) is 11.7. The molecule has 2 heterocycles. The quantitative estimate of drug-likeness (QED) is 0.908. The molecule has 0 bridgehead atoms. The maximum absolute atomic E-state index is 13.0. The SMILES string of the molecule is CC(C)Cn1cnc2c1c(=O)n(C[C@H]1CC[C@](C)(O)CC1)c(=O)n2C. The second-order valence-electron chi connectivity index (χ2n) is 8.16. The van der Waals surface area contributed by atoms with Gasteiger partial charge >= 0.3 is 5.69 Å². The van der Waals surface area contributed by atoms with E-state index >= 15 is 0 Å². The van der Waals surface area contributed by atoms with Crippen LogP contribution in [0.2, 0.25) is 0 Å².